The van der Waals surface area contributed by atoms with Crippen LogP contribution >= 0.6 is 23.4 Å². The average Bonchev–Trinajstić information content (AvgIpc) is 3.26. The smallest absolute Gasteiger partial charge is 0.269 e. The molecule has 2 amide bonds. The number of thioether (sulfide) groups is 1. The Balaban J connectivity index is 1.77. The molecule has 0 saturated carbocycles. The summed E-state index contributed by atoms with van der Waals surface area (Å²) in [5.74, 6) is 0.209. The summed E-state index contributed by atoms with van der Waals surface area (Å²) in [6.45, 7) is 9.98. The Bertz CT molecular complexity index is 1340. The second kappa shape index (κ2) is 13.2. The molecule has 10 nitrogen and oxygen atoms in total. The van der Waals surface area contributed by atoms with Gasteiger partial charge in [0.05, 0.1) is 27.3 Å². The Kier molecular flexibility index (Phi) is 10.0. The molecule has 38 heavy (non-hydrogen) atoms. The summed E-state index contributed by atoms with van der Waals surface area (Å²) in [6.07, 6.45) is 2.30. The largest absolute Gasteiger partial charge is 0.342 e. The number of allylic oxidation sites excluding steroid dienone is 1. The van der Waals surface area contributed by atoms with Crippen LogP contribution in [0.15, 0.2) is 60.3 Å². The highest BCUT2D eigenvalue weighted by Gasteiger charge is 2.25. The van der Waals surface area contributed by atoms with Crippen molar-refractivity contribution in [1.29, 1.82) is 0 Å². The first-order valence-corrected chi connectivity index (χ1v) is 13.2. The number of nitrogens with zero attached hydrogens (tertiary/aromatic N) is 4. The van der Waals surface area contributed by atoms with Gasteiger partial charge in [-0.3, -0.25) is 19.7 Å². The van der Waals surface area contributed by atoms with E-state index in [1.54, 1.807) is 37.3 Å². The molecule has 0 radical (unpaired) electrons. The second-order valence-electron chi connectivity index (χ2n) is 8.97. The fraction of sp³-hybridized carbons (Fsp3) is 0.308. The van der Waals surface area contributed by atoms with E-state index >= 15 is 0 Å². The molecule has 1 atom stereocenters. The van der Waals surface area contributed by atoms with Gasteiger partial charge in [0.1, 0.15) is 0 Å². The van der Waals surface area contributed by atoms with Crippen molar-refractivity contribution in [2.45, 2.75) is 44.9 Å². The molecule has 0 aliphatic heterocycles. The number of nitro groups is 1. The Labute approximate surface area is 230 Å². The Morgan fingerprint density at radius 2 is 1.97 bits per heavy atom. The molecule has 12 heteroatoms. The summed E-state index contributed by atoms with van der Waals surface area (Å²) >= 11 is 7.41. The molecule has 1 aromatic heterocycles. The van der Waals surface area contributed by atoms with Crippen molar-refractivity contribution in [3.63, 3.8) is 0 Å². The van der Waals surface area contributed by atoms with E-state index in [1.165, 1.54) is 30.0 Å². The number of benzene rings is 2. The number of anilines is 1. The van der Waals surface area contributed by atoms with E-state index in [0.29, 0.717) is 45.8 Å². The van der Waals surface area contributed by atoms with Crippen LogP contribution in [0.4, 0.5) is 11.4 Å². The van der Waals surface area contributed by atoms with Crippen LogP contribution < -0.4 is 10.6 Å². The van der Waals surface area contributed by atoms with Crippen LogP contribution in [0.2, 0.25) is 5.02 Å². The number of hydrogen-bond acceptors (Lipinski definition) is 7. The summed E-state index contributed by atoms with van der Waals surface area (Å²) in [5, 5.41) is 26.3. The molecule has 2 N–H and O–H groups in total. The van der Waals surface area contributed by atoms with Gasteiger partial charge in [0.25, 0.3) is 11.6 Å². The van der Waals surface area contributed by atoms with Crippen LogP contribution in [-0.2, 0) is 11.3 Å². The van der Waals surface area contributed by atoms with Crippen LogP contribution in [0.1, 0.15) is 48.1 Å². The van der Waals surface area contributed by atoms with Crippen LogP contribution in [0.5, 0.6) is 0 Å². The lowest BCUT2D eigenvalue weighted by atomic mass is 10.0. The van der Waals surface area contributed by atoms with Gasteiger partial charge in [-0.15, -0.1) is 16.8 Å². The lowest BCUT2D eigenvalue weighted by molar-refractivity contribution is -0.384. The molecule has 0 bridgehead atoms. The van der Waals surface area contributed by atoms with Gasteiger partial charge in [0.2, 0.25) is 5.91 Å². The maximum absolute atomic E-state index is 13.0. The zero-order valence-corrected chi connectivity index (χ0v) is 22.9. The molecule has 0 aliphatic carbocycles. The van der Waals surface area contributed by atoms with Crippen molar-refractivity contribution in [1.82, 2.24) is 20.1 Å². The summed E-state index contributed by atoms with van der Waals surface area (Å²) in [4.78, 5) is 36.1. The number of rotatable bonds is 12. The molecule has 3 aromatic rings. The number of nitro benzene ring substituents is 1. The number of carbonyl (C=O) groups excluding carboxylic acids is 2. The summed E-state index contributed by atoms with van der Waals surface area (Å²) in [5.41, 5.74) is 1.40. The lowest BCUT2D eigenvalue weighted by Crippen LogP contribution is -2.32. The predicted octanol–water partition coefficient (Wildman–Crippen LogP) is 5.58. The minimum absolute atomic E-state index is 0.0343. The third-order valence-corrected chi connectivity index (χ3v) is 6.82. The highest BCUT2D eigenvalue weighted by Crippen LogP contribution is 2.27. The minimum atomic E-state index is -0.484. The van der Waals surface area contributed by atoms with Gasteiger partial charge in [-0.05, 0) is 43.0 Å². The zero-order chi connectivity index (χ0) is 27.8. The molecule has 0 saturated heterocycles. The number of halogens is 1. The van der Waals surface area contributed by atoms with Crippen LogP contribution in [0, 0.1) is 23.0 Å². The maximum Gasteiger partial charge on any atom is 0.269 e. The average molecular weight is 557 g/mol. The SMILES string of the molecule is C=CCn1c(SCC(=O)Nc2ccc([N+](=O)[O-])cc2C)nnc1[C@@H](CC(C)C)NC(=O)c1ccccc1Cl. The van der Waals surface area contributed by atoms with Gasteiger partial charge in [-0.2, -0.15) is 0 Å². The Morgan fingerprint density at radius 1 is 1.24 bits per heavy atom. The van der Waals surface area contributed by atoms with Gasteiger partial charge >= 0.3 is 0 Å². The van der Waals surface area contributed by atoms with E-state index in [9.17, 15) is 19.7 Å². The molecule has 0 unspecified atom stereocenters. The van der Waals surface area contributed by atoms with Crippen molar-refractivity contribution < 1.29 is 14.5 Å². The molecular formula is C26H29ClN6O4S. The third kappa shape index (κ3) is 7.42. The predicted molar refractivity (Wildman–Crippen MR) is 149 cm³/mol. The quantitative estimate of drug-likeness (QED) is 0.129. The summed E-state index contributed by atoms with van der Waals surface area (Å²) < 4.78 is 1.82. The standard InChI is InChI=1S/C26H29ClN6O4S/c1-5-12-32-24(22(13-16(2)3)29-25(35)19-8-6-7-9-20(19)27)30-31-26(32)38-15-23(34)28-21-11-10-18(33(36)37)14-17(21)4/h5-11,14,16,22H,1,12-13,15H2,2-4H3,(H,28,34)(H,29,35)/t22-/m1/s1. The maximum atomic E-state index is 13.0. The second-order valence-corrected chi connectivity index (χ2v) is 10.3. The van der Waals surface area contributed by atoms with Gasteiger partial charge in [-0.1, -0.05) is 55.4 Å². The van der Waals surface area contributed by atoms with E-state index in [1.807, 2.05) is 18.4 Å². The first-order valence-electron chi connectivity index (χ1n) is 11.9. The number of aryl methyl sites for hydroxylation is 1. The number of carbonyl (C=O) groups is 2. The van der Waals surface area contributed by atoms with Crippen molar-refractivity contribution in [3.05, 3.63) is 87.2 Å². The van der Waals surface area contributed by atoms with Crippen molar-refractivity contribution in [2.24, 2.45) is 5.92 Å². The molecular weight excluding hydrogens is 528 g/mol. The van der Waals surface area contributed by atoms with Crippen LogP contribution in [0.3, 0.4) is 0 Å². The van der Waals surface area contributed by atoms with E-state index in [0.717, 1.165) is 0 Å². The molecule has 200 valence electrons. The molecule has 3 rings (SSSR count). The lowest BCUT2D eigenvalue weighted by Gasteiger charge is -2.21. The van der Waals surface area contributed by atoms with Gasteiger partial charge in [0.15, 0.2) is 11.0 Å². The number of non-ortho nitro benzene ring substituents is 1. The number of amides is 2. The topological polar surface area (TPSA) is 132 Å². The van der Waals surface area contributed by atoms with Gasteiger partial charge < -0.3 is 15.2 Å². The number of nitrogens with one attached hydrogen (secondary N) is 2. The normalized spacial score (nSPS) is 11.7. The van der Waals surface area contributed by atoms with Gasteiger partial charge in [-0.25, -0.2) is 0 Å². The Hall–Kier alpha value is -3.70. The molecule has 0 spiro atoms. The zero-order valence-electron chi connectivity index (χ0n) is 21.3. The summed E-state index contributed by atoms with van der Waals surface area (Å²) in [6, 6.07) is 10.6. The fourth-order valence-corrected chi connectivity index (χ4v) is 4.74. The molecule has 0 aliphatic rings. The third-order valence-electron chi connectivity index (χ3n) is 5.53. The summed E-state index contributed by atoms with van der Waals surface area (Å²) in [7, 11) is 0. The van der Waals surface area contributed by atoms with E-state index in [4.69, 9.17) is 11.6 Å². The number of aromatic nitrogens is 3. The van der Waals surface area contributed by atoms with Crippen molar-refractivity contribution >= 4 is 46.6 Å². The Morgan fingerprint density at radius 3 is 2.61 bits per heavy atom. The molecule has 1 heterocycles. The van der Waals surface area contributed by atoms with Crippen molar-refractivity contribution in [2.75, 3.05) is 11.1 Å². The highest BCUT2D eigenvalue weighted by molar-refractivity contribution is 7.99. The molecule has 2 aromatic carbocycles. The minimum Gasteiger partial charge on any atom is -0.342 e. The van der Waals surface area contributed by atoms with E-state index < -0.39 is 11.0 Å². The first kappa shape index (κ1) is 28.9. The first-order chi connectivity index (χ1) is 18.1. The molecule has 0 fully saturated rings. The van der Waals surface area contributed by atoms with Crippen molar-refractivity contribution in [3.8, 4) is 0 Å². The van der Waals surface area contributed by atoms with Crippen LogP contribution in [-0.4, -0.2) is 37.3 Å². The highest BCUT2D eigenvalue weighted by atomic mass is 35.5. The fourth-order valence-electron chi connectivity index (χ4n) is 3.76. The van der Waals surface area contributed by atoms with Gasteiger partial charge in [0, 0.05) is 24.4 Å². The van der Waals surface area contributed by atoms with Crippen LogP contribution in [0.25, 0.3) is 0 Å². The monoisotopic (exact) mass is 556 g/mol. The van der Waals surface area contributed by atoms with E-state index in [2.05, 4.69) is 27.4 Å². The number of hydrogen-bond donors (Lipinski definition) is 2. The van der Waals surface area contributed by atoms with E-state index in [-0.39, 0.29) is 29.2 Å².